The van der Waals surface area contributed by atoms with Crippen molar-refractivity contribution in [3.05, 3.63) is 0 Å². The van der Waals surface area contributed by atoms with Crippen molar-refractivity contribution in [2.75, 3.05) is 59.9 Å². The van der Waals surface area contributed by atoms with Crippen molar-refractivity contribution in [3.63, 3.8) is 0 Å². The molecule has 1 aliphatic heterocycles. The number of rotatable bonds is 7. The first-order valence-corrected chi connectivity index (χ1v) is 6.82. The fraction of sp³-hybridized carbons (Fsp3) is 1.00. The lowest BCUT2D eigenvalue weighted by molar-refractivity contribution is 0.187. The summed E-state index contributed by atoms with van der Waals surface area (Å²) in [4.78, 5) is 7.45. The van der Waals surface area contributed by atoms with Crippen LogP contribution in [0.5, 0.6) is 0 Å². The van der Waals surface area contributed by atoms with E-state index in [1.165, 1.54) is 58.5 Å². The molecule has 0 N–H and O–H groups in total. The van der Waals surface area contributed by atoms with Gasteiger partial charge in [-0.3, -0.25) is 0 Å². The average Bonchev–Trinajstić information content (AvgIpc) is 2.34. The highest BCUT2D eigenvalue weighted by atomic mass is 15.2. The highest BCUT2D eigenvalue weighted by Crippen LogP contribution is 2.07. The molecule has 0 radical (unpaired) electrons. The van der Waals surface area contributed by atoms with Crippen LogP contribution in [0.3, 0.4) is 0 Å². The number of likely N-dealkylation sites (N-methyl/N-ethyl adjacent to an activating group) is 2. The van der Waals surface area contributed by atoms with Crippen LogP contribution < -0.4 is 0 Å². The molecular weight excluding hydrogens is 198 g/mol. The van der Waals surface area contributed by atoms with Gasteiger partial charge < -0.3 is 14.7 Å². The summed E-state index contributed by atoms with van der Waals surface area (Å²) < 4.78 is 0. The van der Waals surface area contributed by atoms with E-state index in [4.69, 9.17) is 0 Å². The summed E-state index contributed by atoms with van der Waals surface area (Å²) in [6, 6.07) is 0. The minimum atomic E-state index is 1.15. The SMILES string of the molecule is CCN(C)CCN(C)CCN1CCCCC1. The molecule has 1 saturated heterocycles. The lowest BCUT2D eigenvalue weighted by Crippen LogP contribution is -2.38. The summed E-state index contributed by atoms with van der Waals surface area (Å²) in [5.41, 5.74) is 0. The first kappa shape index (κ1) is 13.9. The molecule has 1 rings (SSSR count). The molecule has 0 aromatic heterocycles. The third kappa shape index (κ3) is 5.83. The van der Waals surface area contributed by atoms with Gasteiger partial charge in [0.25, 0.3) is 0 Å². The molecule has 3 heteroatoms. The van der Waals surface area contributed by atoms with Gasteiger partial charge in [-0.05, 0) is 46.6 Å². The highest BCUT2D eigenvalue weighted by molar-refractivity contribution is 4.66. The Morgan fingerprint density at radius 3 is 2.12 bits per heavy atom. The van der Waals surface area contributed by atoms with Crippen LogP contribution in [0.1, 0.15) is 26.2 Å². The predicted molar refractivity (Wildman–Crippen MR) is 71.0 cm³/mol. The van der Waals surface area contributed by atoms with Crippen molar-refractivity contribution in [1.82, 2.24) is 14.7 Å². The normalized spacial score (nSPS) is 18.6. The van der Waals surface area contributed by atoms with Crippen LogP contribution >= 0.6 is 0 Å². The second-order valence-electron chi connectivity index (χ2n) is 5.10. The average molecular weight is 227 g/mol. The number of hydrogen-bond acceptors (Lipinski definition) is 3. The third-order valence-electron chi connectivity index (χ3n) is 3.65. The fourth-order valence-electron chi connectivity index (χ4n) is 2.11. The van der Waals surface area contributed by atoms with Crippen LogP contribution in [0.4, 0.5) is 0 Å². The number of likely N-dealkylation sites (tertiary alicyclic amines) is 1. The molecule has 0 spiro atoms. The molecule has 96 valence electrons. The monoisotopic (exact) mass is 227 g/mol. The molecule has 16 heavy (non-hydrogen) atoms. The van der Waals surface area contributed by atoms with Crippen molar-refractivity contribution >= 4 is 0 Å². The van der Waals surface area contributed by atoms with E-state index in [-0.39, 0.29) is 0 Å². The van der Waals surface area contributed by atoms with E-state index in [1.807, 2.05) is 0 Å². The molecule has 0 aromatic rings. The van der Waals surface area contributed by atoms with Crippen molar-refractivity contribution in [2.45, 2.75) is 26.2 Å². The zero-order valence-electron chi connectivity index (χ0n) is 11.4. The van der Waals surface area contributed by atoms with E-state index in [0.717, 1.165) is 6.54 Å². The van der Waals surface area contributed by atoms with Gasteiger partial charge in [0.15, 0.2) is 0 Å². The van der Waals surface area contributed by atoms with Crippen molar-refractivity contribution in [1.29, 1.82) is 0 Å². The van der Waals surface area contributed by atoms with Gasteiger partial charge in [-0.2, -0.15) is 0 Å². The molecule has 0 aromatic carbocycles. The lowest BCUT2D eigenvalue weighted by atomic mass is 10.1. The van der Waals surface area contributed by atoms with Crippen LogP contribution in [-0.4, -0.2) is 74.6 Å². The Hall–Kier alpha value is -0.120. The molecule has 0 bridgehead atoms. The Bertz CT molecular complexity index is 167. The van der Waals surface area contributed by atoms with Crippen molar-refractivity contribution < 1.29 is 0 Å². The Morgan fingerprint density at radius 2 is 1.50 bits per heavy atom. The van der Waals surface area contributed by atoms with E-state index in [0.29, 0.717) is 0 Å². The molecule has 0 amide bonds. The first-order valence-electron chi connectivity index (χ1n) is 6.82. The first-order chi connectivity index (χ1) is 7.72. The summed E-state index contributed by atoms with van der Waals surface area (Å²) in [6.07, 6.45) is 4.25. The van der Waals surface area contributed by atoms with Gasteiger partial charge in [-0.1, -0.05) is 13.3 Å². The van der Waals surface area contributed by atoms with E-state index < -0.39 is 0 Å². The minimum absolute atomic E-state index is 1.15. The van der Waals surface area contributed by atoms with E-state index in [1.54, 1.807) is 0 Å². The summed E-state index contributed by atoms with van der Waals surface area (Å²) in [5.74, 6) is 0. The smallest absolute Gasteiger partial charge is 0.0109 e. The summed E-state index contributed by atoms with van der Waals surface area (Å²) in [7, 11) is 4.44. The zero-order valence-corrected chi connectivity index (χ0v) is 11.4. The zero-order chi connectivity index (χ0) is 11.8. The number of hydrogen-bond donors (Lipinski definition) is 0. The molecular formula is C13H29N3. The van der Waals surface area contributed by atoms with Gasteiger partial charge in [-0.25, -0.2) is 0 Å². The maximum absolute atomic E-state index is 2.61. The minimum Gasteiger partial charge on any atom is -0.305 e. The number of nitrogens with zero attached hydrogens (tertiary/aromatic N) is 3. The standard InChI is InChI=1S/C13H29N3/c1-4-14(2)10-11-15(3)12-13-16-8-6-5-7-9-16/h4-13H2,1-3H3. The fourth-order valence-corrected chi connectivity index (χ4v) is 2.11. The summed E-state index contributed by atoms with van der Waals surface area (Å²) in [6.45, 7) is 10.9. The van der Waals surface area contributed by atoms with Crippen molar-refractivity contribution in [3.8, 4) is 0 Å². The largest absolute Gasteiger partial charge is 0.305 e. The van der Waals surface area contributed by atoms with Gasteiger partial charge in [0.1, 0.15) is 0 Å². The van der Waals surface area contributed by atoms with Crippen LogP contribution in [0.2, 0.25) is 0 Å². The molecule has 3 nitrogen and oxygen atoms in total. The summed E-state index contributed by atoms with van der Waals surface area (Å²) in [5, 5.41) is 0. The molecule has 1 aliphatic rings. The van der Waals surface area contributed by atoms with Gasteiger partial charge in [0.2, 0.25) is 0 Å². The third-order valence-corrected chi connectivity index (χ3v) is 3.65. The van der Waals surface area contributed by atoms with E-state index in [2.05, 4.69) is 35.7 Å². The summed E-state index contributed by atoms with van der Waals surface area (Å²) >= 11 is 0. The lowest BCUT2D eigenvalue weighted by Gasteiger charge is -2.29. The molecule has 0 unspecified atom stereocenters. The van der Waals surface area contributed by atoms with Gasteiger partial charge in [0.05, 0.1) is 0 Å². The molecule has 1 heterocycles. The van der Waals surface area contributed by atoms with Gasteiger partial charge in [0, 0.05) is 26.2 Å². The van der Waals surface area contributed by atoms with E-state index in [9.17, 15) is 0 Å². The second-order valence-corrected chi connectivity index (χ2v) is 5.10. The van der Waals surface area contributed by atoms with Crippen molar-refractivity contribution in [2.24, 2.45) is 0 Å². The topological polar surface area (TPSA) is 9.72 Å². The maximum Gasteiger partial charge on any atom is 0.0109 e. The maximum atomic E-state index is 2.61. The molecule has 0 aliphatic carbocycles. The Morgan fingerprint density at radius 1 is 0.875 bits per heavy atom. The molecule has 0 saturated carbocycles. The molecule has 1 fully saturated rings. The molecule has 0 atom stereocenters. The van der Waals surface area contributed by atoms with Gasteiger partial charge >= 0.3 is 0 Å². The Labute approximate surface area is 101 Å². The van der Waals surface area contributed by atoms with Crippen LogP contribution in [0.25, 0.3) is 0 Å². The predicted octanol–water partition coefficient (Wildman–Crippen LogP) is 1.36. The van der Waals surface area contributed by atoms with Crippen LogP contribution in [0.15, 0.2) is 0 Å². The Balaban J connectivity index is 2.02. The second kappa shape index (κ2) is 8.04. The number of piperidine rings is 1. The highest BCUT2D eigenvalue weighted by Gasteiger charge is 2.10. The van der Waals surface area contributed by atoms with Gasteiger partial charge in [-0.15, -0.1) is 0 Å². The van der Waals surface area contributed by atoms with Crippen LogP contribution in [0, 0.1) is 0 Å². The van der Waals surface area contributed by atoms with E-state index >= 15 is 0 Å². The quantitative estimate of drug-likeness (QED) is 0.650. The van der Waals surface area contributed by atoms with Crippen LogP contribution in [-0.2, 0) is 0 Å². The Kier molecular flexibility index (Phi) is 7.01.